The Labute approximate surface area is 182 Å². The maximum Gasteiger partial charge on any atom is 0.328 e. The molecule has 3 rings (SSSR count). The van der Waals surface area contributed by atoms with E-state index in [4.69, 9.17) is 11.6 Å². The molecule has 10 nitrogen and oxygen atoms in total. The number of carbonyl (C=O) groups is 1. The van der Waals surface area contributed by atoms with Crippen molar-refractivity contribution in [2.75, 3.05) is 11.6 Å². The Kier molecular flexibility index (Phi) is 5.92. The van der Waals surface area contributed by atoms with E-state index < -0.39 is 33.2 Å². The smallest absolute Gasteiger partial charge is 0.328 e. The summed E-state index contributed by atoms with van der Waals surface area (Å²) in [6.07, 6.45) is 0.848. The highest BCUT2D eigenvalue weighted by Crippen LogP contribution is 2.27. The summed E-state index contributed by atoms with van der Waals surface area (Å²) in [5, 5.41) is 3.43. The van der Waals surface area contributed by atoms with Gasteiger partial charge in [0.25, 0.3) is 11.5 Å². The van der Waals surface area contributed by atoms with Crippen LogP contribution in [-0.2, 0) is 17.1 Å². The fraction of sp³-hybridized carbons (Fsp3) is 0.263. The number of amides is 1. The van der Waals surface area contributed by atoms with Crippen molar-refractivity contribution < 1.29 is 13.2 Å². The van der Waals surface area contributed by atoms with Crippen molar-refractivity contribution in [3.05, 3.63) is 67.1 Å². The van der Waals surface area contributed by atoms with Gasteiger partial charge in [0.2, 0.25) is 10.0 Å². The van der Waals surface area contributed by atoms with Gasteiger partial charge in [-0.1, -0.05) is 17.7 Å². The largest absolute Gasteiger partial charge is 0.377 e. The van der Waals surface area contributed by atoms with Crippen molar-refractivity contribution in [2.45, 2.75) is 19.9 Å². The van der Waals surface area contributed by atoms with Crippen molar-refractivity contribution in [1.29, 1.82) is 0 Å². The fourth-order valence-corrected chi connectivity index (χ4v) is 3.76. The van der Waals surface area contributed by atoms with Gasteiger partial charge in [0.1, 0.15) is 5.15 Å². The molecule has 0 fully saturated rings. The first-order chi connectivity index (χ1) is 14.4. The predicted octanol–water partition coefficient (Wildman–Crippen LogP) is 1.45. The maximum atomic E-state index is 12.5. The molecule has 1 aromatic carbocycles. The van der Waals surface area contributed by atoms with Crippen LogP contribution in [0.2, 0.25) is 5.15 Å². The number of benzene rings is 1. The van der Waals surface area contributed by atoms with Gasteiger partial charge in [-0.05, 0) is 43.2 Å². The van der Waals surface area contributed by atoms with E-state index in [0.29, 0.717) is 16.5 Å². The second-order valence-corrected chi connectivity index (χ2v) is 9.31. The number of H-pyrrole nitrogens is 1. The van der Waals surface area contributed by atoms with Crippen LogP contribution in [0.1, 0.15) is 34.6 Å². The number of pyridine rings is 1. The highest BCUT2D eigenvalue weighted by atomic mass is 35.5. The van der Waals surface area contributed by atoms with E-state index in [1.165, 1.54) is 19.2 Å². The first kappa shape index (κ1) is 22.5. The van der Waals surface area contributed by atoms with E-state index in [-0.39, 0.29) is 16.5 Å². The first-order valence-corrected chi connectivity index (χ1v) is 11.3. The van der Waals surface area contributed by atoms with E-state index in [0.717, 1.165) is 16.4 Å². The lowest BCUT2D eigenvalue weighted by Gasteiger charge is -2.20. The highest BCUT2D eigenvalue weighted by molar-refractivity contribution is 7.89. The van der Waals surface area contributed by atoms with Crippen LogP contribution in [0, 0.1) is 6.92 Å². The van der Waals surface area contributed by atoms with Gasteiger partial charge in [0.05, 0.1) is 28.9 Å². The molecule has 164 valence electrons. The Morgan fingerprint density at radius 3 is 2.58 bits per heavy atom. The number of carbonyl (C=O) groups excluding carboxylic acids is 1. The Hall–Kier alpha value is -3.18. The van der Waals surface area contributed by atoms with Crippen LogP contribution in [0.15, 0.2) is 33.9 Å². The summed E-state index contributed by atoms with van der Waals surface area (Å²) in [5.74, 6) is -0.948. The lowest BCUT2D eigenvalue weighted by Crippen LogP contribution is -2.33. The highest BCUT2D eigenvalue weighted by Gasteiger charge is 2.21. The van der Waals surface area contributed by atoms with Crippen LogP contribution in [0.4, 0.5) is 5.69 Å². The zero-order valence-electron chi connectivity index (χ0n) is 17.1. The van der Waals surface area contributed by atoms with Crippen LogP contribution in [0.3, 0.4) is 0 Å². The molecule has 0 spiro atoms. The molecule has 0 saturated carbocycles. The lowest BCUT2D eigenvalue weighted by molar-refractivity contribution is 0.0977. The topological polar surface area (TPSA) is 143 Å². The third kappa shape index (κ3) is 4.78. The molecule has 0 aliphatic rings. The quantitative estimate of drug-likeness (QED) is 0.484. The van der Waals surface area contributed by atoms with Crippen LogP contribution < -0.4 is 21.3 Å². The number of rotatable bonds is 5. The molecule has 0 radical (unpaired) electrons. The van der Waals surface area contributed by atoms with Gasteiger partial charge in [-0.15, -0.1) is 0 Å². The summed E-state index contributed by atoms with van der Waals surface area (Å²) in [6.45, 7) is 3.58. The Bertz CT molecular complexity index is 1430. The number of nitrogens with one attached hydrogen (secondary N) is 3. The molecule has 1 atom stereocenters. The van der Waals surface area contributed by atoms with Gasteiger partial charge in [-0.25, -0.2) is 22.9 Å². The Morgan fingerprint density at radius 1 is 1.26 bits per heavy atom. The molecule has 2 aromatic heterocycles. The van der Waals surface area contributed by atoms with Crippen LogP contribution >= 0.6 is 11.6 Å². The summed E-state index contributed by atoms with van der Waals surface area (Å²) >= 11 is 5.89. The summed E-state index contributed by atoms with van der Waals surface area (Å²) < 4.78 is 25.7. The van der Waals surface area contributed by atoms with Gasteiger partial charge in [0, 0.05) is 7.05 Å². The lowest BCUT2D eigenvalue weighted by atomic mass is 10.0. The Balaban J connectivity index is 2.10. The van der Waals surface area contributed by atoms with Crippen molar-refractivity contribution >= 4 is 44.1 Å². The molecule has 0 unspecified atom stereocenters. The molecule has 3 aromatic rings. The van der Waals surface area contributed by atoms with Gasteiger partial charge in [-0.3, -0.25) is 14.2 Å². The van der Waals surface area contributed by atoms with Crippen molar-refractivity contribution in [1.82, 2.24) is 19.3 Å². The average Bonchev–Trinajstić information content (AvgIpc) is 2.66. The number of aryl methyl sites for hydroxylation is 1. The number of anilines is 1. The minimum absolute atomic E-state index is 0.00526. The zero-order valence-corrected chi connectivity index (χ0v) is 18.7. The second-order valence-electron chi connectivity index (χ2n) is 7.17. The number of nitrogens with zero attached hydrogens (tertiary/aromatic N) is 2. The maximum absolute atomic E-state index is 12.5. The summed E-state index contributed by atoms with van der Waals surface area (Å²) in [5.41, 5.74) is 0.778. The van der Waals surface area contributed by atoms with Gasteiger partial charge < -0.3 is 10.3 Å². The number of aromatic amines is 1. The summed E-state index contributed by atoms with van der Waals surface area (Å²) in [6, 6.07) is 5.91. The Morgan fingerprint density at radius 2 is 1.94 bits per heavy atom. The number of sulfonamides is 1. The molecule has 0 bridgehead atoms. The van der Waals surface area contributed by atoms with Crippen molar-refractivity contribution in [3.63, 3.8) is 0 Å². The fourth-order valence-electron chi connectivity index (χ4n) is 3.18. The summed E-state index contributed by atoms with van der Waals surface area (Å²) in [7, 11) is -2.43. The standard InChI is InChI=1S/C19H20ClN5O5S/c1-9-7-11(15-12(8-9)18(27)25(3)19(28)23-15)10(2)21-13-5-6-14(20)22-16(13)17(26)24-31(4,29)30/h5-8,10,21H,1-4H3,(H,23,28)(H,24,26)/t10-/m1/s1. The normalized spacial score (nSPS) is 12.5. The number of fused-ring (bicyclic) bond motifs is 1. The zero-order chi connectivity index (χ0) is 23.1. The van der Waals surface area contributed by atoms with Gasteiger partial charge in [0.15, 0.2) is 5.69 Å². The SMILES string of the molecule is Cc1cc([C@@H](C)Nc2ccc(Cl)nc2C(=O)NS(C)(=O)=O)c2[nH]c(=O)n(C)c(=O)c2c1. The third-order valence-corrected chi connectivity index (χ3v) is 5.34. The average molecular weight is 466 g/mol. The molecule has 0 saturated heterocycles. The minimum atomic E-state index is -3.82. The van der Waals surface area contributed by atoms with Crippen molar-refractivity contribution in [3.8, 4) is 0 Å². The van der Waals surface area contributed by atoms with E-state index in [2.05, 4.69) is 15.3 Å². The third-order valence-electron chi connectivity index (χ3n) is 4.58. The van der Waals surface area contributed by atoms with E-state index in [1.54, 1.807) is 19.1 Å². The second kappa shape index (κ2) is 8.16. The molecule has 0 aliphatic heterocycles. The molecule has 12 heteroatoms. The number of hydrogen-bond acceptors (Lipinski definition) is 7. The molecule has 0 aliphatic carbocycles. The first-order valence-electron chi connectivity index (χ1n) is 9.06. The molecular formula is C19H20ClN5O5S. The van der Waals surface area contributed by atoms with Crippen LogP contribution in [-0.4, -0.2) is 35.1 Å². The predicted molar refractivity (Wildman–Crippen MR) is 118 cm³/mol. The van der Waals surface area contributed by atoms with Gasteiger partial charge >= 0.3 is 5.69 Å². The molecular weight excluding hydrogens is 446 g/mol. The molecule has 1 amide bonds. The van der Waals surface area contributed by atoms with Crippen LogP contribution in [0.25, 0.3) is 10.9 Å². The van der Waals surface area contributed by atoms with Gasteiger partial charge in [-0.2, -0.15) is 0 Å². The van der Waals surface area contributed by atoms with Crippen LogP contribution in [0.5, 0.6) is 0 Å². The number of halogens is 1. The molecule has 3 N–H and O–H groups in total. The van der Waals surface area contributed by atoms with E-state index in [9.17, 15) is 22.8 Å². The minimum Gasteiger partial charge on any atom is -0.377 e. The monoisotopic (exact) mass is 465 g/mol. The summed E-state index contributed by atoms with van der Waals surface area (Å²) in [4.78, 5) is 43.7. The van der Waals surface area contributed by atoms with E-state index >= 15 is 0 Å². The van der Waals surface area contributed by atoms with Crippen molar-refractivity contribution in [2.24, 2.45) is 7.05 Å². The molecule has 2 heterocycles. The molecule has 31 heavy (non-hydrogen) atoms. The number of aromatic nitrogens is 3. The van der Waals surface area contributed by atoms with E-state index in [1.807, 2.05) is 11.6 Å². The number of hydrogen-bond donors (Lipinski definition) is 3.